The topological polar surface area (TPSA) is 101 Å². The Hall–Kier alpha value is -1.86. The number of benzene rings is 1. The Labute approximate surface area is 149 Å². The minimum Gasteiger partial charge on any atom is -0.369 e. The second kappa shape index (κ2) is 10.2. The molecule has 0 unspecified atom stereocenters. The van der Waals surface area contributed by atoms with Crippen molar-refractivity contribution in [3.63, 3.8) is 0 Å². The standard InChI is InChI=1S/C17H25N3O4S/c1-4-16(23-13-15-9-6-5-7-10-15)17(2,3)14-24-25(21,22)12-8-11-19-20-18/h4-7,9-10,16H,1,8,11-14H2,2-3H3/t16-/m0/s1. The van der Waals surface area contributed by atoms with E-state index >= 15 is 0 Å². The zero-order chi connectivity index (χ0) is 18.8. The Bertz CT molecular complexity index is 683. The third-order valence-electron chi connectivity index (χ3n) is 3.58. The van der Waals surface area contributed by atoms with Crippen molar-refractivity contribution in [3.05, 3.63) is 59.0 Å². The third-order valence-corrected chi connectivity index (χ3v) is 4.85. The lowest BCUT2D eigenvalue weighted by molar-refractivity contribution is -0.0228. The van der Waals surface area contributed by atoms with Gasteiger partial charge in [-0.15, -0.1) is 6.58 Å². The summed E-state index contributed by atoms with van der Waals surface area (Å²) in [5, 5.41) is 3.31. The van der Waals surface area contributed by atoms with E-state index in [1.54, 1.807) is 6.08 Å². The molecule has 0 saturated heterocycles. The van der Waals surface area contributed by atoms with Crippen molar-refractivity contribution in [3.8, 4) is 0 Å². The molecule has 0 heterocycles. The smallest absolute Gasteiger partial charge is 0.267 e. The maximum atomic E-state index is 11.9. The molecular weight excluding hydrogens is 342 g/mol. The summed E-state index contributed by atoms with van der Waals surface area (Å²) in [5.41, 5.74) is 8.63. The summed E-state index contributed by atoms with van der Waals surface area (Å²) >= 11 is 0. The van der Waals surface area contributed by atoms with Crippen molar-refractivity contribution in [1.82, 2.24) is 0 Å². The van der Waals surface area contributed by atoms with Crippen molar-refractivity contribution < 1.29 is 17.3 Å². The summed E-state index contributed by atoms with van der Waals surface area (Å²) in [6.07, 6.45) is 1.51. The maximum Gasteiger partial charge on any atom is 0.267 e. The zero-order valence-electron chi connectivity index (χ0n) is 14.7. The first-order chi connectivity index (χ1) is 11.8. The van der Waals surface area contributed by atoms with Crippen molar-refractivity contribution >= 4 is 10.1 Å². The van der Waals surface area contributed by atoms with Crippen LogP contribution in [0.25, 0.3) is 10.4 Å². The van der Waals surface area contributed by atoms with E-state index in [9.17, 15) is 8.42 Å². The molecule has 0 aliphatic carbocycles. The summed E-state index contributed by atoms with van der Waals surface area (Å²) in [7, 11) is -3.68. The van der Waals surface area contributed by atoms with Crippen LogP contribution in [0, 0.1) is 5.41 Å². The Balaban J connectivity index is 2.55. The van der Waals surface area contributed by atoms with Crippen LogP contribution in [0.15, 0.2) is 48.1 Å². The molecule has 1 rings (SSSR count). The molecule has 0 amide bonds. The van der Waals surface area contributed by atoms with Crippen LogP contribution in [-0.4, -0.2) is 33.4 Å². The van der Waals surface area contributed by atoms with Gasteiger partial charge in [-0.1, -0.05) is 55.4 Å². The molecule has 1 aromatic carbocycles. The largest absolute Gasteiger partial charge is 0.369 e. The molecule has 0 aromatic heterocycles. The van der Waals surface area contributed by atoms with Crippen LogP contribution >= 0.6 is 0 Å². The summed E-state index contributed by atoms with van der Waals surface area (Å²) in [6.45, 7) is 8.00. The van der Waals surface area contributed by atoms with Crippen LogP contribution < -0.4 is 0 Å². The van der Waals surface area contributed by atoms with E-state index in [2.05, 4.69) is 16.6 Å². The SMILES string of the molecule is C=C[C@H](OCc1ccccc1)C(C)(C)COS(=O)(=O)CCCN=[N+]=[N-]. The van der Waals surface area contributed by atoms with Crippen LogP contribution in [-0.2, 0) is 25.6 Å². The zero-order valence-corrected chi connectivity index (χ0v) is 15.5. The molecule has 7 nitrogen and oxygen atoms in total. The van der Waals surface area contributed by atoms with Gasteiger partial charge in [-0.2, -0.15) is 8.42 Å². The van der Waals surface area contributed by atoms with E-state index in [1.807, 2.05) is 44.2 Å². The van der Waals surface area contributed by atoms with Crippen LogP contribution in [0.2, 0.25) is 0 Å². The molecule has 0 bridgehead atoms. The molecule has 0 N–H and O–H groups in total. The highest BCUT2D eigenvalue weighted by molar-refractivity contribution is 7.86. The number of nitrogens with zero attached hydrogens (tertiary/aromatic N) is 3. The van der Waals surface area contributed by atoms with Crippen molar-refractivity contribution in [2.45, 2.75) is 33.0 Å². The number of hydrogen-bond donors (Lipinski definition) is 0. The lowest BCUT2D eigenvalue weighted by atomic mass is 9.87. The lowest BCUT2D eigenvalue weighted by Gasteiger charge is -2.31. The second-order valence-corrected chi connectivity index (χ2v) is 8.03. The lowest BCUT2D eigenvalue weighted by Crippen LogP contribution is -2.35. The van der Waals surface area contributed by atoms with Gasteiger partial charge in [0.05, 0.1) is 25.1 Å². The van der Waals surface area contributed by atoms with Crippen molar-refractivity contribution in [1.29, 1.82) is 0 Å². The molecule has 0 aliphatic heterocycles. The van der Waals surface area contributed by atoms with E-state index < -0.39 is 15.5 Å². The predicted octanol–water partition coefficient (Wildman–Crippen LogP) is 3.83. The Morgan fingerprint density at radius 1 is 1.36 bits per heavy atom. The van der Waals surface area contributed by atoms with Gasteiger partial charge in [0, 0.05) is 16.9 Å². The molecule has 0 aliphatic rings. The molecule has 0 spiro atoms. The summed E-state index contributed by atoms with van der Waals surface area (Å²) in [6, 6.07) is 9.70. The van der Waals surface area contributed by atoms with Gasteiger partial charge in [0.15, 0.2) is 0 Å². The normalized spacial score (nSPS) is 13.0. The van der Waals surface area contributed by atoms with Crippen LogP contribution in [0.1, 0.15) is 25.8 Å². The molecule has 1 aromatic rings. The highest BCUT2D eigenvalue weighted by Crippen LogP contribution is 2.26. The van der Waals surface area contributed by atoms with Crippen LogP contribution in [0.5, 0.6) is 0 Å². The molecule has 0 saturated carbocycles. The first-order valence-electron chi connectivity index (χ1n) is 7.97. The fourth-order valence-electron chi connectivity index (χ4n) is 2.11. The van der Waals surface area contributed by atoms with Gasteiger partial charge in [0.25, 0.3) is 10.1 Å². The molecule has 0 fully saturated rings. The minimum atomic E-state index is -3.68. The van der Waals surface area contributed by atoms with Gasteiger partial charge >= 0.3 is 0 Å². The van der Waals surface area contributed by atoms with E-state index in [0.717, 1.165) is 5.56 Å². The van der Waals surface area contributed by atoms with Gasteiger partial charge in [0.2, 0.25) is 0 Å². The van der Waals surface area contributed by atoms with Crippen molar-refractivity contribution in [2.75, 3.05) is 18.9 Å². The third kappa shape index (κ3) is 8.18. The molecule has 1 atom stereocenters. The monoisotopic (exact) mass is 367 g/mol. The van der Waals surface area contributed by atoms with Crippen LogP contribution in [0.3, 0.4) is 0 Å². The first-order valence-corrected chi connectivity index (χ1v) is 9.54. The second-order valence-electron chi connectivity index (χ2n) is 6.27. The minimum absolute atomic E-state index is 0.0255. The quantitative estimate of drug-likeness (QED) is 0.140. The van der Waals surface area contributed by atoms with E-state index in [0.29, 0.717) is 6.61 Å². The van der Waals surface area contributed by atoms with E-state index in [4.69, 9.17) is 14.5 Å². The fraction of sp³-hybridized carbons (Fsp3) is 0.529. The number of azide groups is 1. The Morgan fingerprint density at radius 3 is 2.64 bits per heavy atom. The Morgan fingerprint density at radius 2 is 2.04 bits per heavy atom. The van der Waals surface area contributed by atoms with Crippen LogP contribution in [0.4, 0.5) is 0 Å². The maximum absolute atomic E-state index is 11.9. The molecule has 138 valence electrons. The van der Waals surface area contributed by atoms with Gasteiger partial charge in [0.1, 0.15) is 0 Å². The van der Waals surface area contributed by atoms with Gasteiger partial charge in [-0.05, 0) is 17.5 Å². The van der Waals surface area contributed by atoms with E-state index in [-0.39, 0.29) is 31.4 Å². The predicted molar refractivity (Wildman–Crippen MR) is 97.4 cm³/mol. The fourth-order valence-corrected chi connectivity index (χ4v) is 3.20. The number of rotatable bonds is 12. The molecule has 8 heteroatoms. The first kappa shape index (κ1) is 21.2. The average Bonchev–Trinajstić information content (AvgIpc) is 2.59. The van der Waals surface area contributed by atoms with Crippen molar-refractivity contribution in [2.24, 2.45) is 10.5 Å². The molecular formula is C17H25N3O4S. The number of ether oxygens (including phenoxy) is 1. The summed E-state index contributed by atoms with van der Waals surface area (Å²) < 4.78 is 34.8. The number of hydrogen-bond acceptors (Lipinski definition) is 5. The van der Waals surface area contributed by atoms with Gasteiger partial charge in [-0.25, -0.2) is 0 Å². The highest BCUT2D eigenvalue weighted by atomic mass is 32.2. The Kier molecular flexibility index (Phi) is 8.65. The molecule has 0 radical (unpaired) electrons. The highest BCUT2D eigenvalue weighted by Gasteiger charge is 2.30. The van der Waals surface area contributed by atoms with E-state index in [1.165, 1.54) is 0 Å². The summed E-state index contributed by atoms with van der Waals surface area (Å²) in [4.78, 5) is 2.58. The van der Waals surface area contributed by atoms with Gasteiger partial charge < -0.3 is 4.74 Å². The molecule has 25 heavy (non-hydrogen) atoms. The average molecular weight is 367 g/mol. The summed E-state index contributed by atoms with van der Waals surface area (Å²) in [5.74, 6) is -0.189. The van der Waals surface area contributed by atoms with Gasteiger partial charge in [-0.3, -0.25) is 4.18 Å².